The van der Waals surface area contributed by atoms with E-state index in [1.807, 2.05) is 38.4 Å². The number of anilines is 1. The van der Waals surface area contributed by atoms with E-state index in [2.05, 4.69) is 10.4 Å². The molecule has 0 unspecified atom stereocenters. The van der Waals surface area contributed by atoms with Crippen molar-refractivity contribution in [3.63, 3.8) is 0 Å². The number of thioether (sulfide) groups is 1. The molecule has 162 valence electrons. The van der Waals surface area contributed by atoms with E-state index in [1.165, 1.54) is 11.0 Å². The third-order valence-electron chi connectivity index (χ3n) is 4.81. The van der Waals surface area contributed by atoms with E-state index in [0.29, 0.717) is 26.2 Å². The minimum atomic E-state index is -0.607. The van der Waals surface area contributed by atoms with Crippen molar-refractivity contribution in [3.8, 4) is 5.75 Å². The number of hydrogen-bond donors (Lipinski definition) is 1. The van der Waals surface area contributed by atoms with Gasteiger partial charge < -0.3 is 10.1 Å². The highest BCUT2D eigenvalue weighted by molar-refractivity contribution is 8.26. The Hall–Kier alpha value is -2.72. The zero-order chi connectivity index (χ0) is 22.5. The predicted octanol–water partition coefficient (Wildman–Crippen LogP) is 3.50. The SMILES string of the molecule is Cc1cc(CN2C(=O)COc3c(F)cc(C=C4SC(=S)NC4=O)cc32)nn1C(C)(C)C. The van der Waals surface area contributed by atoms with Gasteiger partial charge in [-0.1, -0.05) is 24.0 Å². The van der Waals surface area contributed by atoms with Crippen LogP contribution in [0.5, 0.6) is 5.75 Å². The Morgan fingerprint density at radius 3 is 2.68 bits per heavy atom. The summed E-state index contributed by atoms with van der Waals surface area (Å²) in [6, 6.07) is 4.81. The second kappa shape index (κ2) is 7.76. The van der Waals surface area contributed by atoms with Crippen LogP contribution >= 0.6 is 24.0 Å². The van der Waals surface area contributed by atoms with Gasteiger partial charge in [-0.25, -0.2) is 4.39 Å². The summed E-state index contributed by atoms with van der Waals surface area (Å²) < 4.78 is 22.4. The fraction of sp³-hybridized carbons (Fsp3) is 0.333. The molecule has 1 saturated heterocycles. The van der Waals surface area contributed by atoms with Gasteiger partial charge >= 0.3 is 0 Å². The highest BCUT2D eigenvalue weighted by atomic mass is 32.2. The number of amides is 2. The van der Waals surface area contributed by atoms with Crippen LogP contribution in [-0.4, -0.2) is 32.5 Å². The van der Waals surface area contributed by atoms with Crippen LogP contribution in [0.1, 0.15) is 37.7 Å². The predicted molar refractivity (Wildman–Crippen MR) is 121 cm³/mol. The molecule has 2 amide bonds. The number of benzene rings is 1. The van der Waals surface area contributed by atoms with Crippen molar-refractivity contribution < 1.29 is 18.7 Å². The monoisotopic (exact) mass is 460 g/mol. The number of aromatic nitrogens is 2. The molecular formula is C21H21FN4O3S2. The molecule has 1 aromatic heterocycles. The van der Waals surface area contributed by atoms with Gasteiger partial charge in [0.1, 0.15) is 4.32 Å². The van der Waals surface area contributed by atoms with Crippen molar-refractivity contribution in [2.75, 3.05) is 11.5 Å². The van der Waals surface area contributed by atoms with E-state index in [1.54, 1.807) is 12.1 Å². The molecule has 1 aromatic carbocycles. The number of aryl methyl sites for hydroxylation is 1. The smallest absolute Gasteiger partial charge is 0.265 e. The first-order chi connectivity index (χ1) is 14.5. The zero-order valence-electron chi connectivity index (χ0n) is 17.5. The van der Waals surface area contributed by atoms with Gasteiger partial charge in [-0.2, -0.15) is 5.10 Å². The summed E-state index contributed by atoms with van der Waals surface area (Å²) in [5, 5.41) is 7.16. The van der Waals surface area contributed by atoms with E-state index in [4.69, 9.17) is 17.0 Å². The summed E-state index contributed by atoms with van der Waals surface area (Å²) in [6.45, 7) is 8.02. The van der Waals surface area contributed by atoms with Crippen LogP contribution in [0.15, 0.2) is 23.1 Å². The molecule has 0 spiro atoms. The summed E-state index contributed by atoms with van der Waals surface area (Å²) in [4.78, 5) is 26.4. The normalized spacial score (nSPS) is 17.8. The lowest BCUT2D eigenvalue weighted by Crippen LogP contribution is -2.38. The summed E-state index contributed by atoms with van der Waals surface area (Å²) in [5.41, 5.74) is 2.18. The number of carbonyl (C=O) groups is 2. The molecule has 10 heteroatoms. The van der Waals surface area contributed by atoms with E-state index >= 15 is 0 Å². The number of halogens is 1. The first kappa shape index (κ1) is 21.5. The molecule has 0 aliphatic carbocycles. The Kier molecular flexibility index (Phi) is 5.38. The molecule has 4 rings (SSSR count). The molecule has 2 aliphatic heterocycles. The fourth-order valence-electron chi connectivity index (χ4n) is 3.57. The highest BCUT2D eigenvalue weighted by Gasteiger charge is 2.30. The first-order valence-electron chi connectivity index (χ1n) is 9.60. The van der Waals surface area contributed by atoms with Crippen molar-refractivity contribution >= 4 is 51.9 Å². The minimum Gasteiger partial charge on any atom is -0.478 e. The summed E-state index contributed by atoms with van der Waals surface area (Å²) in [5.74, 6) is -1.23. The molecule has 2 aromatic rings. The van der Waals surface area contributed by atoms with Gasteiger partial charge in [0, 0.05) is 5.69 Å². The molecule has 1 fully saturated rings. The van der Waals surface area contributed by atoms with Gasteiger partial charge in [0.05, 0.1) is 28.4 Å². The summed E-state index contributed by atoms with van der Waals surface area (Å²) in [7, 11) is 0. The average Bonchev–Trinajstić information content (AvgIpc) is 3.18. The zero-order valence-corrected chi connectivity index (χ0v) is 19.1. The second-order valence-electron chi connectivity index (χ2n) is 8.33. The second-order valence-corrected chi connectivity index (χ2v) is 10.1. The maximum Gasteiger partial charge on any atom is 0.265 e. The molecule has 7 nitrogen and oxygen atoms in total. The average molecular weight is 461 g/mol. The third kappa shape index (κ3) is 4.22. The molecule has 0 atom stereocenters. The molecular weight excluding hydrogens is 439 g/mol. The molecule has 1 N–H and O–H groups in total. The maximum atomic E-state index is 14.8. The standard InChI is InChI=1S/C21H21FN4O3S2/c1-11-5-13(24-26(11)21(2,3)4)9-25-15-7-12(8-16-19(28)23-20(30)31-16)6-14(22)18(15)29-10-17(25)27/h5-8H,9-10H2,1-4H3,(H,23,28,30). The highest BCUT2D eigenvalue weighted by Crippen LogP contribution is 2.38. The van der Waals surface area contributed by atoms with Crippen molar-refractivity contribution in [1.29, 1.82) is 0 Å². The van der Waals surface area contributed by atoms with Gasteiger partial charge in [0.2, 0.25) is 0 Å². The lowest BCUT2D eigenvalue weighted by Gasteiger charge is -2.29. The van der Waals surface area contributed by atoms with E-state index in [9.17, 15) is 14.0 Å². The molecule has 2 aliphatic rings. The van der Waals surface area contributed by atoms with Crippen LogP contribution in [0, 0.1) is 12.7 Å². The van der Waals surface area contributed by atoms with Gasteiger partial charge in [0.25, 0.3) is 11.8 Å². The Morgan fingerprint density at radius 1 is 1.32 bits per heavy atom. The van der Waals surface area contributed by atoms with Crippen molar-refractivity contribution in [2.45, 2.75) is 39.8 Å². The van der Waals surface area contributed by atoms with Crippen LogP contribution < -0.4 is 15.0 Å². The fourth-order valence-corrected chi connectivity index (χ4v) is 4.62. The number of thiocarbonyl (C=S) groups is 1. The topological polar surface area (TPSA) is 76.5 Å². The van der Waals surface area contributed by atoms with Gasteiger partial charge in [0.15, 0.2) is 18.2 Å². The number of rotatable bonds is 3. The molecule has 3 heterocycles. The van der Waals surface area contributed by atoms with Crippen LogP contribution in [0.4, 0.5) is 10.1 Å². The molecule has 0 saturated carbocycles. The molecule has 0 radical (unpaired) electrons. The number of carbonyl (C=O) groups excluding carboxylic acids is 2. The van der Waals surface area contributed by atoms with Gasteiger partial charge in [-0.05, 0) is 57.5 Å². The van der Waals surface area contributed by atoms with Crippen LogP contribution in [-0.2, 0) is 21.7 Å². The van der Waals surface area contributed by atoms with Crippen LogP contribution in [0.3, 0.4) is 0 Å². The Labute approximate surface area is 188 Å². The lowest BCUT2D eigenvalue weighted by atomic mass is 10.1. The Bertz CT molecular complexity index is 1150. The third-order valence-corrected chi connectivity index (χ3v) is 5.97. The lowest BCUT2D eigenvalue weighted by molar-refractivity contribution is -0.121. The van der Waals surface area contributed by atoms with Crippen molar-refractivity contribution in [3.05, 3.63) is 45.9 Å². The number of fused-ring (bicyclic) bond motifs is 1. The quantitative estimate of drug-likeness (QED) is 0.558. The number of ether oxygens (including phenoxy) is 1. The minimum absolute atomic E-state index is 0.00720. The van der Waals surface area contributed by atoms with E-state index < -0.39 is 5.82 Å². The van der Waals surface area contributed by atoms with Crippen LogP contribution in [0.25, 0.3) is 6.08 Å². The van der Waals surface area contributed by atoms with Gasteiger partial charge in [-0.15, -0.1) is 0 Å². The molecule has 31 heavy (non-hydrogen) atoms. The number of nitrogens with one attached hydrogen (secondary N) is 1. The summed E-state index contributed by atoms with van der Waals surface area (Å²) in [6.07, 6.45) is 1.54. The van der Waals surface area contributed by atoms with Crippen molar-refractivity contribution in [1.82, 2.24) is 15.1 Å². The Morgan fingerprint density at radius 2 is 2.06 bits per heavy atom. The van der Waals surface area contributed by atoms with Crippen molar-refractivity contribution in [2.24, 2.45) is 0 Å². The maximum absolute atomic E-state index is 14.8. The largest absolute Gasteiger partial charge is 0.478 e. The van der Waals surface area contributed by atoms with E-state index in [0.717, 1.165) is 17.5 Å². The van der Waals surface area contributed by atoms with E-state index in [-0.39, 0.29) is 36.3 Å². The van der Waals surface area contributed by atoms with Gasteiger partial charge in [-0.3, -0.25) is 19.2 Å². The number of nitrogens with zero attached hydrogens (tertiary/aromatic N) is 3. The molecule has 0 bridgehead atoms. The summed E-state index contributed by atoms with van der Waals surface area (Å²) >= 11 is 6.10. The number of hydrogen-bond acceptors (Lipinski definition) is 6. The first-order valence-corrected chi connectivity index (χ1v) is 10.8. The Balaban J connectivity index is 1.71. The van der Waals surface area contributed by atoms with Crippen LogP contribution in [0.2, 0.25) is 0 Å².